The molecule has 1 aliphatic heterocycles. The van der Waals surface area contributed by atoms with Gasteiger partial charge in [0.05, 0.1) is 10.9 Å². The van der Waals surface area contributed by atoms with Gasteiger partial charge in [-0.2, -0.15) is 4.52 Å². The fraction of sp³-hybridized carbons (Fsp3) is 0.333. The van der Waals surface area contributed by atoms with Crippen LogP contribution in [0.4, 0.5) is 0 Å². The third-order valence-corrected chi connectivity index (χ3v) is 7.04. The van der Waals surface area contributed by atoms with Crippen molar-refractivity contribution in [2.75, 3.05) is 26.2 Å². The SMILES string of the molecule is Cc1ccc(C(c2sc3nc(C)nn3c2O)N2CCN(Cc3ccccc3)CC2)cc1. The second-order valence-electron chi connectivity index (χ2n) is 8.25. The van der Waals surface area contributed by atoms with Gasteiger partial charge in [0, 0.05) is 32.7 Å². The molecule has 0 saturated carbocycles. The van der Waals surface area contributed by atoms with Gasteiger partial charge in [0.1, 0.15) is 5.82 Å². The van der Waals surface area contributed by atoms with Crippen molar-refractivity contribution in [3.63, 3.8) is 0 Å². The van der Waals surface area contributed by atoms with Crippen LogP contribution in [-0.4, -0.2) is 55.7 Å². The molecule has 7 heteroatoms. The summed E-state index contributed by atoms with van der Waals surface area (Å²) >= 11 is 1.53. The van der Waals surface area contributed by atoms with E-state index in [2.05, 4.69) is 81.4 Å². The first kappa shape index (κ1) is 20.2. The number of nitrogens with zero attached hydrogens (tertiary/aromatic N) is 5. The summed E-state index contributed by atoms with van der Waals surface area (Å²) in [6.07, 6.45) is 0. The summed E-state index contributed by atoms with van der Waals surface area (Å²) in [4.78, 5) is 11.1. The van der Waals surface area contributed by atoms with Crippen LogP contribution in [0, 0.1) is 13.8 Å². The van der Waals surface area contributed by atoms with E-state index in [1.807, 2.05) is 6.92 Å². The van der Waals surface area contributed by atoms with Gasteiger partial charge in [-0.05, 0) is 25.0 Å². The topological polar surface area (TPSA) is 56.9 Å². The highest BCUT2D eigenvalue weighted by atomic mass is 32.1. The van der Waals surface area contributed by atoms with E-state index in [-0.39, 0.29) is 11.9 Å². The van der Waals surface area contributed by atoms with E-state index in [1.54, 1.807) is 4.52 Å². The predicted molar refractivity (Wildman–Crippen MR) is 124 cm³/mol. The summed E-state index contributed by atoms with van der Waals surface area (Å²) in [7, 11) is 0. The van der Waals surface area contributed by atoms with Crippen LogP contribution in [-0.2, 0) is 6.54 Å². The normalized spacial score (nSPS) is 16.7. The summed E-state index contributed by atoms with van der Waals surface area (Å²) in [5.74, 6) is 0.882. The molecule has 1 N–H and O–H groups in total. The minimum Gasteiger partial charge on any atom is -0.492 e. The Morgan fingerprint density at radius 3 is 2.35 bits per heavy atom. The Labute approximate surface area is 186 Å². The molecule has 0 spiro atoms. The first-order valence-electron chi connectivity index (χ1n) is 10.7. The molecule has 1 aliphatic rings. The standard InChI is InChI=1S/C24H27N5OS/c1-17-8-10-20(11-9-17)21(22-23(30)29-24(31-22)25-18(2)26-29)28-14-12-27(13-15-28)16-19-6-4-3-5-7-19/h3-11,21,30H,12-16H2,1-2H3. The van der Waals surface area contributed by atoms with Crippen LogP contribution >= 0.6 is 11.3 Å². The summed E-state index contributed by atoms with van der Waals surface area (Å²) in [6.45, 7) is 8.81. The average Bonchev–Trinajstić information content (AvgIpc) is 3.29. The van der Waals surface area contributed by atoms with Crippen molar-refractivity contribution in [2.24, 2.45) is 0 Å². The second-order valence-corrected chi connectivity index (χ2v) is 9.26. The van der Waals surface area contributed by atoms with Gasteiger partial charge in [-0.15, -0.1) is 5.10 Å². The number of benzene rings is 2. The first-order valence-corrected chi connectivity index (χ1v) is 11.5. The molecule has 160 valence electrons. The number of aromatic hydroxyl groups is 1. The predicted octanol–water partition coefficient (Wildman–Crippen LogP) is 4.02. The highest BCUT2D eigenvalue weighted by molar-refractivity contribution is 7.17. The number of aryl methyl sites for hydroxylation is 2. The van der Waals surface area contributed by atoms with Gasteiger partial charge in [0.2, 0.25) is 10.8 Å². The zero-order chi connectivity index (χ0) is 21.4. The van der Waals surface area contributed by atoms with Gasteiger partial charge in [0.15, 0.2) is 0 Å². The molecule has 6 nitrogen and oxygen atoms in total. The molecule has 1 atom stereocenters. The third-order valence-electron chi connectivity index (χ3n) is 5.97. The van der Waals surface area contributed by atoms with E-state index in [9.17, 15) is 5.11 Å². The lowest BCUT2D eigenvalue weighted by molar-refractivity contribution is 0.105. The van der Waals surface area contributed by atoms with Crippen LogP contribution < -0.4 is 0 Å². The lowest BCUT2D eigenvalue weighted by atomic mass is 10.0. The van der Waals surface area contributed by atoms with Crippen LogP contribution in [0.5, 0.6) is 5.88 Å². The summed E-state index contributed by atoms with van der Waals surface area (Å²) in [5.41, 5.74) is 3.78. The number of piperazine rings is 1. The van der Waals surface area contributed by atoms with Crippen LogP contribution in [0.1, 0.15) is 33.4 Å². The molecule has 1 fully saturated rings. The third kappa shape index (κ3) is 4.08. The van der Waals surface area contributed by atoms with E-state index >= 15 is 0 Å². The molecule has 2 aromatic carbocycles. The van der Waals surface area contributed by atoms with Gasteiger partial charge >= 0.3 is 0 Å². The van der Waals surface area contributed by atoms with Gasteiger partial charge in [-0.1, -0.05) is 71.5 Å². The average molecular weight is 434 g/mol. The number of aromatic nitrogens is 3. The lowest BCUT2D eigenvalue weighted by Gasteiger charge is -2.39. The van der Waals surface area contributed by atoms with Crippen LogP contribution in [0.15, 0.2) is 54.6 Å². The Hall–Kier alpha value is -2.74. The first-order chi connectivity index (χ1) is 15.1. The molecule has 4 aromatic rings. The number of rotatable bonds is 5. The fourth-order valence-corrected chi connectivity index (χ4v) is 5.49. The quantitative estimate of drug-likeness (QED) is 0.515. The van der Waals surface area contributed by atoms with Crippen molar-refractivity contribution in [3.8, 4) is 5.88 Å². The highest BCUT2D eigenvalue weighted by Crippen LogP contribution is 2.40. The number of hydrogen-bond acceptors (Lipinski definition) is 6. The molecule has 2 aromatic heterocycles. The molecule has 5 rings (SSSR count). The fourth-order valence-electron chi connectivity index (χ4n) is 4.32. The summed E-state index contributed by atoms with van der Waals surface area (Å²) < 4.78 is 1.57. The van der Waals surface area contributed by atoms with Gasteiger partial charge in [-0.25, -0.2) is 4.98 Å². The minimum atomic E-state index is -0.00622. The maximum Gasteiger partial charge on any atom is 0.230 e. The van der Waals surface area contributed by atoms with Crippen molar-refractivity contribution in [1.82, 2.24) is 24.4 Å². The molecule has 0 bridgehead atoms. The summed E-state index contributed by atoms with van der Waals surface area (Å²) in [5, 5.41) is 15.4. The molecule has 1 saturated heterocycles. The zero-order valence-corrected chi connectivity index (χ0v) is 18.7. The largest absolute Gasteiger partial charge is 0.492 e. The van der Waals surface area contributed by atoms with Crippen molar-refractivity contribution in [2.45, 2.75) is 26.4 Å². The lowest BCUT2D eigenvalue weighted by Crippen LogP contribution is -2.47. The van der Waals surface area contributed by atoms with E-state index in [0.29, 0.717) is 5.82 Å². The maximum absolute atomic E-state index is 11.0. The number of thiazole rings is 1. The molecule has 0 amide bonds. The van der Waals surface area contributed by atoms with Crippen molar-refractivity contribution in [1.29, 1.82) is 0 Å². The molecular weight excluding hydrogens is 406 g/mol. The summed E-state index contributed by atoms with van der Waals surface area (Å²) in [6, 6.07) is 19.3. The maximum atomic E-state index is 11.0. The number of fused-ring (bicyclic) bond motifs is 1. The van der Waals surface area contributed by atoms with Crippen LogP contribution in [0.2, 0.25) is 0 Å². The van der Waals surface area contributed by atoms with E-state index in [4.69, 9.17) is 0 Å². The minimum absolute atomic E-state index is 0.00622. The Balaban J connectivity index is 1.42. The molecule has 0 aliphatic carbocycles. The van der Waals surface area contributed by atoms with Gasteiger partial charge < -0.3 is 5.11 Å². The van der Waals surface area contributed by atoms with E-state index in [1.165, 1.54) is 28.0 Å². The van der Waals surface area contributed by atoms with Gasteiger partial charge in [-0.3, -0.25) is 9.80 Å². The Kier molecular flexibility index (Phi) is 5.48. The molecular formula is C24H27N5OS. The molecule has 0 radical (unpaired) electrons. The smallest absolute Gasteiger partial charge is 0.230 e. The Morgan fingerprint density at radius 1 is 0.968 bits per heavy atom. The Bertz CT molecular complexity index is 1160. The zero-order valence-electron chi connectivity index (χ0n) is 17.9. The molecule has 3 heterocycles. The molecule has 1 unspecified atom stereocenters. The monoisotopic (exact) mass is 433 g/mol. The second kappa shape index (κ2) is 8.42. The van der Waals surface area contributed by atoms with Gasteiger partial charge in [0.25, 0.3) is 0 Å². The Morgan fingerprint density at radius 2 is 1.68 bits per heavy atom. The van der Waals surface area contributed by atoms with Crippen LogP contribution in [0.25, 0.3) is 4.96 Å². The van der Waals surface area contributed by atoms with E-state index < -0.39 is 0 Å². The van der Waals surface area contributed by atoms with Crippen molar-refractivity contribution in [3.05, 3.63) is 82.0 Å². The van der Waals surface area contributed by atoms with E-state index in [0.717, 1.165) is 42.6 Å². The van der Waals surface area contributed by atoms with Crippen molar-refractivity contribution >= 4 is 16.3 Å². The molecule has 31 heavy (non-hydrogen) atoms. The van der Waals surface area contributed by atoms with Crippen LogP contribution in [0.3, 0.4) is 0 Å². The van der Waals surface area contributed by atoms with Crippen molar-refractivity contribution < 1.29 is 5.11 Å². The number of hydrogen-bond donors (Lipinski definition) is 1. The highest BCUT2D eigenvalue weighted by Gasteiger charge is 2.31.